The SMILES string of the molecule is NCc1ccc(C(=O)OCC2c3ccccc3-c3ccccc32)c(CO)n1. The Kier molecular flexibility index (Phi) is 4.71. The number of aliphatic hydroxyl groups excluding tert-OH is 1. The van der Waals surface area contributed by atoms with E-state index in [1.807, 2.05) is 24.3 Å². The average Bonchev–Trinajstić information content (AvgIpc) is 3.05. The minimum absolute atomic E-state index is 0.00444. The Labute approximate surface area is 157 Å². The molecule has 136 valence electrons. The van der Waals surface area contributed by atoms with E-state index in [2.05, 4.69) is 29.2 Å². The van der Waals surface area contributed by atoms with Crippen LogP contribution in [0.5, 0.6) is 0 Å². The first-order valence-corrected chi connectivity index (χ1v) is 8.88. The highest BCUT2D eigenvalue weighted by Crippen LogP contribution is 2.44. The first-order valence-electron chi connectivity index (χ1n) is 8.88. The molecule has 3 aromatic rings. The summed E-state index contributed by atoms with van der Waals surface area (Å²) in [7, 11) is 0. The summed E-state index contributed by atoms with van der Waals surface area (Å²) in [5.74, 6) is -0.493. The highest BCUT2D eigenvalue weighted by molar-refractivity contribution is 5.90. The lowest BCUT2D eigenvalue weighted by atomic mass is 9.98. The summed E-state index contributed by atoms with van der Waals surface area (Å²) in [5, 5.41) is 9.52. The maximum absolute atomic E-state index is 12.6. The number of hydrogen-bond acceptors (Lipinski definition) is 5. The van der Waals surface area contributed by atoms with E-state index in [-0.39, 0.29) is 36.9 Å². The van der Waals surface area contributed by atoms with Gasteiger partial charge < -0.3 is 15.6 Å². The van der Waals surface area contributed by atoms with E-state index >= 15 is 0 Å². The normalized spacial score (nSPS) is 12.5. The highest BCUT2D eigenvalue weighted by atomic mass is 16.5. The van der Waals surface area contributed by atoms with Gasteiger partial charge in [0, 0.05) is 12.5 Å². The third-order valence-electron chi connectivity index (χ3n) is 4.95. The van der Waals surface area contributed by atoms with Crippen molar-refractivity contribution in [2.24, 2.45) is 5.73 Å². The van der Waals surface area contributed by atoms with Crippen molar-refractivity contribution in [2.75, 3.05) is 6.61 Å². The first kappa shape index (κ1) is 17.4. The molecule has 0 saturated carbocycles. The molecule has 0 fully saturated rings. The summed E-state index contributed by atoms with van der Waals surface area (Å²) in [5.41, 5.74) is 11.4. The van der Waals surface area contributed by atoms with Gasteiger partial charge in [-0.3, -0.25) is 4.98 Å². The molecule has 1 heterocycles. The van der Waals surface area contributed by atoms with Gasteiger partial charge in [-0.15, -0.1) is 0 Å². The third-order valence-corrected chi connectivity index (χ3v) is 4.95. The van der Waals surface area contributed by atoms with Crippen LogP contribution in [0.2, 0.25) is 0 Å². The monoisotopic (exact) mass is 360 g/mol. The van der Waals surface area contributed by atoms with E-state index < -0.39 is 5.97 Å². The number of nitrogens with zero attached hydrogens (tertiary/aromatic N) is 1. The second-order valence-corrected chi connectivity index (χ2v) is 6.48. The summed E-state index contributed by atoms with van der Waals surface area (Å²) in [4.78, 5) is 16.8. The van der Waals surface area contributed by atoms with E-state index in [9.17, 15) is 9.90 Å². The molecule has 4 rings (SSSR count). The molecule has 0 atom stereocenters. The van der Waals surface area contributed by atoms with Crippen LogP contribution in [0, 0.1) is 0 Å². The first-order chi connectivity index (χ1) is 13.2. The lowest BCUT2D eigenvalue weighted by Crippen LogP contribution is -2.16. The van der Waals surface area contributed by atoms with Crippen molar-refractivity contribution in [3.05, 3.63) is 88.7 Å². The molecule has 0 aliphatic heterocycles. The van der Waals surface area contributed by atoms with Crippen molar-refractivity contribution in [1.29, 1.82) is 0 Å². The van der Waals surface area contributed by atoms with Crippen LogP contribution >= 0.6 is 0 Å². The lowest BCUT2D eigenvalue weighted by molar-refractivity contribution is 0.0489. The number of fused-ring (bicyclic) bond motifs is 3. The van der Waals surface area contributed by atoms with E-state index in [0.717, 1.165) is 11.1 Å². The Morgan fingerprint density at radius 3 is 2.22 bits per heavy atom. The topological polar surface area (TPSA) is 85.4 Å². The molecule has 1 aliphatic rings. The Hall–Kier alpha value is -3.02. The van der Waals surface area contributed by atoms with Gasteiger partial charge in [0.05, 0.1) is 23.6 Å². The Morgan fingerprint density at radius 1 is 1.00 bits per heavy atom. The number of benzene rings is 2. The maximum Gasteiger partial charge on any atom is 0.340 e. The van der Waals surface area contributed by atoms with Gasteiger partial charge in [0.15, 0.2) is 0 Å². The van der Waals surface area contributed by atoms with Crippen LogP contribution in [0.25, 0.3) is 11.1 Å². The summed E-state index contributed by atoms with van der Waals surface area (Å²) < 4.78 is 5.62. The smallest absolute Gasteiger partial charge is 0.340 e. The van der Waals surface area contributed by atoms with Gasteiger partial charge in [0.1, 0.15) is 6.61 Å². The van der Waals surface area contributed by atoms with Crippen LogP contribution in [-0.4, -0.2) is 22.7 Å². The fourth-order valence-electron chi connectivity index (χ4n) is 3.64. The van der Waals surface area contributed by atoms with Gasteiger partial charge in [-0.25, -0.2) is 4.79 Å². The van der Waals surface area contributed by atoms with Crippen LogP contribution in [-0.2, 0) is 17.9 Å². The fourth-order valence-corrected chi connectivity index (χ4v) is 3.64. The molecule has 0 bridgehead atoms. The predicted molar refractivity (Wildman–Crippen MR) is 102 cm³/mol. The minimum atomic E-state index is -0.489. The van der Waals surface area contributed by atoms with Gasteiger partial charge in [-0.2, -0.15) is 0 Å². The molecule has 3 N–H and O–H groups in total. The Bertz CT molecular complexity index is 955. The zero-order chi connectivity index (χ0) is 18.8. The van der Waals surface area contributed by atoms with E-state index in [1.54, 1.807) is 12.1 Å². The Balaban J connectivity index is 1.58. The second-order valence-electron chi connectivity index (χ2n) is 6.48. The van der Waals surface area contributed by atoms with Gasteiger partial charge >= 0.3 is 5.97 Å². The van der Waals surface area contributed by atoms with Crippen LogP contribution in [0.1, 0.15) is 38.8 Å². The molecule has 2 aromatic carbocycles. The molecule has 27 heavy (non-hydrogen) atoms. The van der Waals surface area contributed by atoms with Crippen LogP contribution in [0.15, 0.2) is 60.7 Å². The summed E-state index contributed by atoms with van der Waals surface area (Å²) in [6, 6.07) is 19.7. The molecule has 0 saturated heterocycles. The molecule has 1 aliphatic carbocycles. The summed E-state index contributed by atoms with van der Waals surface area (Å²) in [6.07, 6.45) is 0. The number of aliphatic hydroxyl groups is 1. The number of carbonyl (C=O) groups is 1. The van der Waals surface area contributed by atoms with Crippen molar-refractivity contribution in [2.45, 2.75) is 19.1 Å². The number of ether oxygens (including phenoxy) is 1. The van der Waals surface area contributed by atoms with Gasteiger partial charge in [0.2, 0.25) is 0 Å². The van der Waals surface area contributed by atoms with Crippen molar-refractivity contribution in [3.63, 3.8) is 0 Å². The van der Waals surface area contributed by atoms with E-state index in [1.165, 1.54) is 11.1 Å². The lowest BCUT2D eigenvalue weighted by Gasteiger charge is -2.15. The number of esters is 1. The van der Waals surface area contributed by atoms with Crippen molar-refractivity contribution in [1.82, 2.24) is 4.98 Å². The number of rotatable bonds is 5. The zero-order valence-corrected chi connectivity index (χ0v) is 14.8. The highest BCUT2D eigenvalue weighted by Gasteiger charge is 2.29. The third kappa shape index (κ3) is 3.12. The molecular weight excluding hydrogens is 340 g/mol. The van der Waals surface area contributed by atoms with Crippen LogP contribution in [0.3, 0.4) is 0 Å². The molecule has 5 heteroatoms. The molecule has 1 aromatic heterocycles. The molecule has 0 radical (unpaired) electrons. The second kappa shape index (κ2) is 7.31. The number of pyridine rings is 1. The van der Waals surface area contributed by atoms with Gasteiger partial charge in [-0.05, 0) is 34.4 Å². The average molecular weight is 360 g/mol. The molecule has 5 nitrogen and oxygen atoms in total. The number of nitrogens with two attached hydrogens (primary N) is 1. The molecule has 0 amide bonds. The van der Waals surface area contributed by atoms with Gasteiger partial charge in [0.25, 0.3) is 0 Å². The zero-order valence-electron chi connectivity index (χ0n) is 14.8. The minimum Gasteiger partial charge on any atom is -0.461 e. The van der Waals surface area contributed by atoms with Crippen LogP contribution < -0.4 is 5.73 Å². The standard InChI is InChI=1S/C22H20N2O3/c23-11-14-9-10-19(21(12-25)24-14)22(26)27-13-20-17-7-3-1-5-15(17)16-6-2-4-8-18(16)20/h1-10,20,25H,11-13,23H2. The van der Waals surface area contributed by atoms with Crippen molar-refractivity contribution < 1.29 is 14.6 Å². The summed E-state index contributed by atoms with van der Waals surface area (Å²) in [6.45, 7) is 0.141. The summed E-state index contributed by atoms with van der Waals surface area (Å²) >= 11 is 0. The maximum atomic E-state index is 12.6. The van der Waals surface area contributed by atoms with Crippen LogP contribution in [0.4, 0.5) is 0 Å². The fraction of sp³-hybridized carbons (Fsp3) is 0.182. The number of aromatic nitrogens is 1. The molecular formula is C22H20N2O3. The van der Waals surface area contributed by atoms with Crippen molar-refractivity contribution in [3.8, 4) is 11.1 Å². The van der Waals surface area contributed by atoms with Gasteiger partial charge in [-0.1, -0.05) is 48.5 Å². The number of hydrogen-bond donors (Lipinski definition) is 2. The van der Waals surface area contributed by atoms with E-state index in [4.69, 9.17) is 10.5 Å². The van der Waals surface area contributed by atoms with E-state index in [0.29, 0.717) is 5.69 Å². The molecule has 0 unspecified atom stereocenters. The van der Waals surface area contributed by atoms with Crippen molar-refractivity contribution >= 4 is 5.97 Å². The quantitative estimate of drug-likeness (QED) is 0.683. The number of carbonyl (C=O) groups excluding carboxylic acids is 1. The molecule has 0 spiro atoms. The largest absolute Gasteiger partial charge is 0.461 e. The Morgan fingerprint density at radius 2 is 1.63 bits per heavy atom. The predicted octanol–water partition coefficient (Wildman–Crippen LogP) is 3.00.